The maximum absolute atomic E-state index is 11.8. The number of phenols is 1. The predicted molar refractivity (Wildman–Crippen MR) is 106 cm³/mol. The SMILES string of the molecule is CC(/C=C/C1CCCC(=O)[C@@H]1C)=C\Cc1c(C)c(C=O)c(C)c(Cl)c1O. The van der Waals surface area contributed by atoms with Gasteiger partial charge in [0.25, 0.3) is 0 Å². The molecule has 2 atom stereocenters. The third-order valence-corrected chi connectivity index (χ3v) is 6.01. The van der Waals surface area contributed by atoms with Crippen LogP contribution < -0.4 is 0 Å². The molecule has 0 aromatic heterocycles. The van der Waals surface area contributed by atoms with Crippen LogP contribution in [0, 0.1) is 25.7 Å². The van der Waals surface area contributed by atoms with Crippen molar-refractivity contribution in [3.05, 3.63) is 51.1 Å². The maximum Gasteiger partial charge on any atom is 0.150 e. The molecule has 0 radical (unpaired) electrons. The molecule has 1 N–H and O–H groups in total. The number of rotatable bonds is 5. The monoisotopic (exact) mass is 374 g/mol. The van der Waals surface area contributed by atoms with E-state index < -0.39 is 0 Å². The fraction of sp³-hybridized carbons (Fsp3) is 0.455. The van der Waals surface area contributed by atoms with Crippen molar-refractivity contribution in [2.45, 2.75) is 53.4 Å². The summed E-state index contributed by atoms with van der Waals surface area (Å²) in [4.78, 5) is 23.2. The first-order valence-electron chi connectivity index (χ1n) is 9.11. The molecule has 26 heavy (non-hydrogen) atoms. The highest BCUT2D eigenvalue weighted by Gasteiger charge is 2.25. The van der Waals surface area contributed by atoms with Crippen LogP contribution in [0.15, 0.2) is 23.8 Å². The number of benzene rings is 1. The van der Waals surface area contributed by atoms with Gasteiger partial charge in [-0.15, -0.1) is 0 Å². The summed E-state index contributed by atoms with van der Waals surface area (Å²) in [7, 11) is 0. The number of phenolic OH excluding ortho intramolecular Hbond substituents is 1. The summed E-state index contributed by atoms with van der Waals surface area (Å²) < 4.78 is 0. The van der Waals surface area contributed by atoms with Crippen LogP contribution in [-0.2, 0) is 11.2 Å². The summed E-state index contributed by atoms with van der Waals surface area (Å²) >= 11 is 6.17. The molecule has 0 amide bonds. The van der Waals surface area contributed by atoms with Crippen LogP contribution in [0.2, 0.25) is 5.02 Å². The number of carbonyl (C=O) groups excluding carboxylic acids is 2. The molecule has 1 unspecified atom stereocenters. The fourth-order valence-corrected chi connectivity index (χ4v) is 3.79. The van der Waals surface area contributed by atoms with E-state index in [2.05, 4.69) is 6.08 Å². The van der Waals surface area contributed by atoms with Gasteiger partial charge in [-0.1, -0.05) is 42.3 Å². The second kappa shape index (κ2) is 8.68. The maximum atomic E-state index is 11.8. The molecule has 4 heteroatoms. The predicted octanol–water partition coefficient (Wildman–Crippen LogP) is 5.53. The second-order valence-corrected chi connectivity index (χ2v) is 7.62. The van der Waals surface area contributed by atoms with E-state index in [-0.39, 0.29) is 16.7 Å². The molecule has 0 heterocycles. The zero-order valence-corrected chi connectivity index (χ0v) is 16.7. The van der Waals surface area contributed by atoms with Crippen molar-refractivity contribution in [3.63, 3.8) is 0 Å². The highest BCUT2D eigenvalue weighted by atomic mass is 35.5. The van der Waals surface area contributed by atoms with E-state index in [1.165, 1.54) is 0 Å². The molecule has 2 rings (SSSR count). The van der Waals surface area contributed by atoms with Crippen LogP contribution in [0.3, 0.4) is 0 Å². The number of allylic oxidation sites excluding steroid dienone is 4. The Bertz CT molecular complexity index is 774. The Kier molecular flexibility index (Phi) is 6.82. The minimum absolute atomic E-state index is 0.0480. The van der Waals surface area contributed by atoms with Crippen LogP contribution in [-0.4, -0.2) is 17.2 Å². The molecular formula is C22H27ClO3. The molecule has 1 aromatic rings. The van der Waals surface area contributed by atoms with Gasteiger partial charge in [-0.05, 0) is 57.1 Å². The van der Waals surface area contributed by atoms with Crippen molar-refractivity contribution in [1.29, 1.82) is 0 Å². The number of hydrogen-bond donors (Lipinski definition) is 1. The van der Waals surface area contributed by atoms with Crippen molar-refractivity contribution >= 4 is 23.7 Å². The standard InChI is InChI=1S/C22H27ClO3/c1-13(8-10-17-6-5-7-20(25)14(17)2)9-11-18-15(3)19(12-24)16(4)21(23)22(18)26/h8-10,12,14,17,26H,5-7,11H2,1-4H3/b10-8+,13-9+/t14-,17?/m1/s1. The molecule has 0 spiro atoms. The van der Waals surface area contributed by atoms with Gasteiger partial charge in [0.05, 0.1) is 5.02 Å². The van der Waals surface area contributed by atoms with Crippen molar-refractivity contribution in [2.24, 2.45) is 11.8 Å². The molecule has 1 aromatic carbocycles. The Morgan fingerprint density at radius 1 is 1.31 bits per heavy atom. The van der Waals surface area contributed by atoms with E-state index in [4.69, 9.17) is 11.6 Å². The Morgan fingerprint density at radius 3 is 2.65 bits per heavy atom. The van der Waals surface area contributed by atoms with E-state index >= 15 is 0 Å². The number of ketones is 1. The molecule has 3 nitrogen and oxygen atoms in total. The van der Waals surface area contributed by atoms with E-state index in [9.17, 15) is 14.7 Å². The number of carbonyl (C=O) groups is 2. The topological polar surface area (TPSA) is 54.4 Å². The fourth-order valence-electron chi connectivity index (χ4n) is 3.57. The first-order chi connectivity index (χ1) is 12.3. The van der Waals surface area contributed by atoms with E-state index in [1.54, 1.807) is 6.92 Å². The average Bonchev–Trinajstić information content (AvgIpc) is 2.61. The number of halogens is 1. The Hall–Kier alpha value is -1.87. The summed E-state index contributed by atoms with van der Waals surface area (Å²) in [6.07, 6.45) is 10.2. The smallest absolute Gasteiger partial charge is 0.150 e. The lowest BCUT2D eigenvalue weighted by Gasteiger charge is -2.24. The van der Waals surface area contributed by atoms with Crippen molar-refractivity contribution in [3.8, 4) is 5.75 Å². The summed E-state index contributed by atoms with van der Waals surface area (Å²) in [6.45, 7) is 7.57. The van der Waals surface area contributed by atoms with Crippen LogP contribution in [0.25, 0.3) is 0 Å². The summed E-state index contributed by atoms with van der Waals surface area (Å²) in [5.41, 5.74) is 3.64. The van der Waals surface area contributed by atoms with Gasteiger partial charge in [0.2, 0.25) is 0 Å². The van der Waals surface area contributed by atoms with Gasteiger partial charge >= 0.3 is 0 Å². The van der Waals surface area contributed by atoms with Gasteiger partial charge in [-0.25, -0.2) is 0 Å². The zero-order chi connectivity index (χ0) is 19.4. The summed E-state index contributed by atoms with van der Waals surface area (Å²) in [5, 5.41) is 10.6. The summed E-state index contributed by atoms with van der Waals surface area (Å²) in [6, 6.07) is 0. The minimum atomic E-state index is 0.0480. The number of aromatic hydroxyl groups is 1. The molecule has 0 aliphatic heterocycles. The average molecular weight is 375 g/mol. The first-order valence-corrected chi connectivity index (χ1v) is 9.49. The van der Waals surface area contributed by atoms with Gasteiger partial charge in [0.1, 0.15) is 11.5 Å². The van der Waals surface area contributed by atoms with Crippen molar-refractivity contribution in [1.82, 2.24) is 0 Å². The summed E-state index contributed by atoms with van der Waals surface area (Å²) in [5.74, 6) is 0.783. The Morgan fingerprint density at radius 2 is 2.00 bits per heavy atom. The van der Waals surface area contributed by atoms with Crippen LogP contribution >= 0.6 is 11.6 Å². The lowest BCUT2D eigenvalue weighted by Crippen LogP contribution is -2.24. The van der Waals surface area contributed by atoms with Gasteiger partial charge in [-0.2, -0.15) is 0 Å². The molecule has 0 bridgehead atoms. The van der Waals surface area contributed by atoms with E-state index in [0.29, 0.717) is 41.2 Å². The number of hydrogen-bond acceptors (Lipinski definition) is 3. The molecule has 0 saturated heterocycles. The quantitative estimate of drug-likeness (QED) is 0.545. The van der Waals surface area contributed by atoms with Gasteiger partial charge < -0.3 is 5.11 Å². The zero-order valence-electron chi connectivity index (χ0n) is 15.9. The second-order valence-electron chi connectivity index (χ2n) is 7.25. The molecule has 140 valence electrons. The van der Waals surface area contributed by atoms with Crippen molar-refractivity contribution in [2.75, 3.05) is 0 Å². The first kappa shape index (κ1) is 20.4. The Balaban J connectivity index is 2.19. The van der Waals surface area contributed by atoms with Crippen LogP contribution in [0.1, 0.15) is 60.2 Å². The lowest BCUT2D eigenvalue weighted by molar-refractivity contribution is -0.125. The third-order valence-electron chi connectivity index (χ3n) is 5.55. The molecule has 1 fully saturated rings. The lowest BCUT2D eigenvalue weighted by atomic mass is 9.79. The Labute approximate surface area is 160 Å². The van der Waals surface area contributed by atoms with Gasteiger partial charge in [-0.3, -0.25) is 9.59 Å². The molecular weight excluding hydrogens is 348 g/mol. The van der Waals surface area contributed by atoms with Crippen LogP contribution in [0.5, 0.6) is 5.75 Å². The van der Waals surface area contributed by atoms with Crippen LogP contribution in [0.4, 0.5) is 0 Å². The third kappa shape index (κ3) is 4.27. The minimum Gasteiger partial charge on any atom is -0.506 e. The number of aldehydes is 1. The highest BCUT2D eigenvalue weighted by molar-refractivity contribution is 6.33. The van der Waals surface area contributed by atoms with E-state index in [1.807, 2.05) is 32.9 Å². The van der Waals surface area contributed by atoms with Crippen molar-refractivity contribution < 1.29 is 14.7 Å². The highest BCUT2D eigenvalue weighted by Crippen LogP contribution is 2.36. The number of Topliss-reactive ketones (excluding diaryl/α,β-unsaturated/α-hetero) is 1. The van der Waals surface area contributed by atoms with Gasteiger partial charge in [0.15, 0.2) is 6.29 Å². The molecule has 1 aliphatic rings. The normalized spacial score (nSPS) is 21.4. The van der Waals surface area contributed by atoms with E-state index in [0.717, 1.165) is 30.3 Å². The molecule has 1 aliphatic carbocycles. The largest absolute Gasteiger partial charge is 0.506 e. The molecule has 1 saturated carbocycles. The van der Waals surface area contributed by atoms with Gasteiger partial charge in [0, 0.05) is 23.5 Å².